The maximum atomic E-state index is 12.6. The Morgan fingerprint density at radius 2 is 2.00 bits per heavy atom. The maximum absolute atomic E-state index is 12.6. The van der Waals surface area contributed by atoms with Crippen molar-refractivity contribution in [3.8, 4) is 11.5 Å². The fourth-order valence-electron chi connectivity index (χ4n) is 3.66. The predicted octanol–water partition coefficient (Wildman–Crippen LogP) is 1.56. The number of nitrogens with zero attached hydrogens (tertiary/aromatic N) is 2. The first kappa shape index (κ1) is 18.0. The van der Waals surface area contributed by atoms with Gasteiger partial charge in [-0.05, 0) is 30.5 Å². The molecule has 0 bridgehead atoms. The van der Waals surface area contributed by atoms with Gasteiger partial charge >= 0.3 is 0 Å². The maximum Gasteiger partial charge on any atom is 0.260 e. The number of likely N-dealkylation sites (tertiary alicyclic amines) is 1. The van der Waals surface area contributed by atoms with Crippen molar-refractivity contribution in [2.45, 2.75) is 19.9 Å². The van der Waals surface area contributed by atoms with Gasteiger partial charge in [-0.3, -0.25) is 9.69 Å². The van der Waals surface area contributed by atoms with Crippen LogP contribution in [0.3, 0.4) is 0 Å². The molecule has 0 saturated carbocycles. The second kappa shape index (κ2) is 8.06. The van der Waals surface area contributed by atoms with E-state index in [1.54, 1.807) is 7.11 Å². The van der Waals surface area contributed by atoms with Crippen molar-refractivity contribution in [1.29, 1.82) is 0 Å². The number of methoxy groups -OCH3 is 1. The van der Waals surface area contributed by atoms with Gasteiger partial charge in [0, 0.05) is 32.2 Å². The smallest absolute Gasteiger partial charge is 0.260 e. The molecule has 0 aromatic heterocycles. The van der Waals surface area contributed by atoms with Gasteiger partial charge in [-0.1, -0.05) is 13.0 Å². The van der Waals surface area contributed by atoms with Gasteiger partial charge in [0.25, 0.3) is 5.91 Å². The molecule has 0 spiro atoms. The molecule has 2 heterocycles. The average Bonchev–Trinajstić information content (AvgIpc) is 3.03. The zero-order chi connectivity index (χ0) is 17.8. The lowest BCUT2D eigenvalue weighted by Gasteiger charge is -2.33. The van der Waals surface area contributed by atoms with Crippen LogP contribution in [0.25, 0.3) is 0 Å². The molecule has 0 radical (unpaired) electrons. The molecule has 2 saturated heterocycles. The molecule has 2 aliphatic heterocycles. The average molecular weight is 348 g/mol. The largest absolute Gasteiger partial charge is 0.493 e. The molecule has 2 aliphatic rings. The molecule has 25 heavy (non-hydrogen) atoms. The minimum absolute atomic E-state index is 0.0326. The number of ether oxygens (including phenoxy) is 3. The standard InChI is InChI=1S/C19H28N2O4/c1-14-4-5-17(18(10-14)23-3)25-13-19(22)21-11-15(2)16(12-21)20-6-8-24-9-7-20/h4-5,10,15-16H,6-9,11-13H2,1-3H3/t15-,16-/m1/s1. The van der Waals surface area contributed by atoms with E-state index in [0.29, 0.717) is 23.5 Å². The number of carbonyl (C=O) groups excluding carboxylic acids is 1. The zero-order valence-corrected chi connectivity index (χ0v) is 15.4. The number of hydrogen-bond acceptors (Lipinski definition) is 5. The van der Waals surface area contributed by atoms with Crippen molar-refractivity contribution in [3.63, 3.8) is 0 Å². The van der Waals surface area contributed by atoms with Crippen LogP contribution in [0.2, 0.25) is 0 Å². The van der Waals surface area contributed by atoms with Gasteiger partial charge in [-0.25, -0.2) is 0 Å². The third-order valence-corrected chi connectivity index (χ3v) is 5.11. The molecular formula is C19H28N2O4. The molecule has 1 aromatic rings. The third-order valence-electron chi connectivity index (χ3n) is 5.11. The fraction of sp³-hybridized carbons (Fsp3) is 0.632. The molecule has 0 N–H and O–H groups in total. The molecule has 2 atom stereocenters. The Balaban J connectivity index is 1.55. The highest BCUT2D eigenvalue weighted by Crippen LogP contribution is 2.28. The molecule has 2 fully saturated rings. The molecule has 3 rings (SSSR count). The van der Waals surface area contributed by atoms with Crippen molar-refractivity contribution in [1.82, 2.24) is 9.80 Å². The molecular weight excluding hydrogens is 320 g/mol. The number of rotatable bonds is 5. The van der Waals surface area contributed by atoms with Crippen LogP contribution in [-0.4, -0.2) is 74.9 Å². The summed E-state index contributed by atoms with van der Waals surface area (Å²) in [6.07, 6.45) is 0. The summed E-state index contributed by atoms with van der Waals surface area (Å²) in [5.74, 6) is 1.77. The van der Waals surface area contributed by atoms with Gasteiger partial charge in [0.15, 0.2) is 18.1 Å². The minimum atomic E-state index is 0.0326. The summed E-state index contributed by atoms with van der Waals surface area (Å²) in [5.41, 5.74) is 1.09. The van der Waals surface area contributed by atoms with E-state index in [9.17, 15) is 4.79 Å². The number of morpholine rings is 1. The molecule has 0 unspecified atom stereocenters. The van der Waals surface area contributed by atoms with E-state index >= 15 is 0 Å². The monoisotopic (exact) mass is 348 g/mol. The van der Waals surface area contributed by atoms with Gasteiger partial charge in [0.2, 0.25) is 0 Å². The summed E-state index contributed by atoms with van der Waals surface area (Å²) in [6.45, 7) is 9.29. The molecule has 138 valence electrons. The second-order valence-electron chi connectivity index (χ2n) is 6.93. The highest BCUT2D eigenvalue weighted by Gasteiger charge is 2.36. The van der Waals surface area contributed by atoms with Crippen molar-refractivity contribution in [2.75, 3.05) is 53.1 Å². The van der Waals surface area contributed by atoms with E-state index < -0.39 is 0 Å². The first-order valence-corrected chi connectivity index (χ1v) is 8.95. The number of amides is 1. The van der Waals surface area contributed by atoms with E-state index in [1.807, 2.05) is 30.0 Å². The number of benzene rings is 1. The number of aryl methyl sites for hydroxylation is 1. The summed E-state index contributed by atoms with van der Waals surface area (Å²) in [4.78, 5) is 16.9. The highest BCUT2D eigenvalue weighted by atomic mass is 16.5. The first-order valence-electron chi connectivity index (χ1n) is 8.95. The summed E-state index contributed by atoms with van der Waals surface area (Å²) < 4.78 is 16.5. The summed E-state index contributed by atoms with van der Waals surface area (Å²) in [6, 6.07) is 6.13. The lowest BCUT2D eigenvalue weighted by molar-refractivity contribution is -0.132. The van der Waals surface area contributed by atoms with Crippen molar-refractivity contribution >= 4 is 5.91 Å². The van der Waals surface area contributed by atoms with E-state index in [2.05, 4.69) is 11.8 Å². The van der Waals surface area contributed by atoms with Crippen LogP contribution < -0.4 is 9.47 Å². The van der Waals surface area contributed by atoms with Crippen LogP contribution >= 0.6 is 0 Å². The first-order chi connectivity index (χ1) is 12.1. The SMILES string of the molecule is COc1cc(C)ccc1OCC(=O)N1C[C@@H](C)[C@H](N2CCOCC2)C1. The quantitative estimate of drug-likeness (QED) is 0.808. The Kier molecular flexibility index (Phi) is 5.81. The Labute approximate surface area is 149 Å². The normalized spacial score (nSPS) is 24.4. The fourth-order valence-corrected chi connectivity index (χ4v) is 3.66. The third kappa shape index (κ3) is 4.25. The lowest BCUT2D eigenvalue weighted by Crippen LogP contribution is -2.47. The van der Waals surface area contributed by atoms with E-state index in [-0.39, 0.29) is 12.5 Å². The Hall–Kier alpha value is -1.79. The van der Waals surface area contributed by atoms with Gasteiger partial charge in [-0.2, -0.15) is 0 Å². The summed E-state index contributed by atoms with van der Waals surface area (Å²) in [5, 5.41) is 0. The number of carbonyl (C=O) groups is 1. The van der Waals surface area contributed by atoms with Crippen molar-refractivity contribution in [3.05, 3.63) is 23.8 Å². The van der Waals surface area contributed by atoms with E-state index in [1.165, 1.54) is 0 Å². The van der Waals surface area contributed by atoms with Crippen LogP contribution in [-0.2, 0) is 9.53 Å². The molecule has 6 nitrogen and oxygen atoms in total. The minimum Gasteiger partial charge on any atom is -0.493 e. The van der Waals surface area contributed by atoms with Gasteiger partial charge < -0.3 is 19.1 Å². The van der Waals surface area contributed by atoms with E-state index in [4.69, 9.17) is 14.2 Å². The van der Waals surface area contributed by atoms with Crippen LogP contribution in [0.1, 0.15) is 12.5 Å². The summed E-state index contributed by atoms with van der Waals surface area (Å²) >= 11 is 0. The van der Waals surface area contributed by atoms with Crippen LogP contribution in [0.5, 0.6) is 11.5 Å². The molecule has 6 heteroatoms. The molecule has 0 aliphatic carbocycles. The van der Waals surface area contributed by atoms with Gasteiger partial charge in [0.1, 0.15) is 0 Å². The Bertz CT molecular complexity index is 601. The van der Waals surface area contributed by atoms with Crippen molar-refractivity contribution < 1.29 is 19.0 Å². The van der Waals surface area contributed by atoms with E-state index in [0.717, 1.165) is 45.0 Å². The lowest BCUT2D eigenvalue weighted by atomic mass is 10.0. The zero-order valence-electron chi connectivity index (χ0n) is 15.4. The Morgan fingerprint density at radius 3 is 2.72 bits per heavy atom. The van der Waals surface area contributed by atoms with Crippen LogP contribution in [0.15, 0.2) is 18.2 Å². The predicted molar refractivity (Wildman–Crippen MR) is 95.2 cm³/mol. The van der Waals surface area contributed by atoms with Gasteiger partial charge in [-0.15, -0.1) is 0 Å². The molecule has 1 amide bonds. The highest BCUT2D eigenvalue weighted by molar-refractivity contribution is 5.78. The van der Waals surface area contributed by atoms with Gasteiger partial charge in [0.05, 0.1) is 20.3 Å². The topological polar surface area (TPSA) is 51.2 Å². The second-order valence-corrected chi connectivity index (χ2v) is 6.93. The van der Waals surface area contributed by atoms with Crippen LogP contribution in [0.4, 0.5) is 0 Å². The van der Waals surface area contributed by atoms with Crippen LogP contribution in [0, 0.1) is 12.8 Å². The number of hydrogen-bond donors (Lipinski definition) is 0. The summed E-state index contributed by atoms with van der Waals surface area (Å²) in [7, 11) is 1.61. The Morgan fingerprint density at radius 1 is 1.24 bits per heavy atom. The molecule has 1 aromatic carbocycles. The van der Waals surface area contributed by atoms with Crippen molar-refractivity contribution in [2.24, 2.45) is 5.92 Å².